The van der Waals surface area contributed by atoms with Crippen molar-refractivity contribution in [3.8, 4) is 0 Å². The number of carbonyl (C=O) groups is 2. The standard InChI is InChI=1S/C18H18N2O2/c1-12-5-4-10-19-18(12)17(22)9-8-16(21)14-11-20-15-7-3-2-6-13(14)15/h2-3,6-7,10-11,20H,4-5,8-9H2,1H3. The molecule has 0 atom stereocenters. The summed E-state index contributed by atoms with van der Waals surface area (Å²) in [4.78, 5) is 31.9. The van der Waals surface area contributed by atoms with Crippen molar-refractivity contribution in [3.05, 3.63) is 47.3 Å². The van der Waals surface area contributed by atoms with Crippen LogP contribution in [-0.4, -0.2) is 22.8 Å². The highest BCUT2D eigenvalue weighted by molar-refractivity contribution is 6.09. The van der Waals surface area contributed by atoms with Gasteiger partial charge in [-0.05, 0) is 31.4 Å². The lowest BCUT2D eigenvalue weighted by atomic mass is 10.00. The van der Waals surface area contributed by atoms with E-state index < -0.39 is 0 Å². The van der Waals surface area contributed by atoms with Gasteiger partial charge in [-0.3, -0.25) is 14.6 Å². The number of nitrogens with zero attached hydrogens (tertiary/aromatic N) is 1. The lowest BCUT2D eigenvalue weighted by Gasteiger charge is -2.10. The van der Waals surface area contributed by atoms with Gasteiger partial charge in [-0.1, -0.05) is 18.2 Å². The first-order valence-corrected chi connectivity index (χ1v) is 7.51. The van der Waals surface area contributed by atoms with Crippen molar-refractivity contribution < 1.29 is 9.59 Å². The summed E-state index contributed by atoms with van der Waals surface area (Å²) in [5.41, 5.74) is 3.15. The molecule has 1 aliphatic heterocycles. The van der Waals surface area contributed by atoms with E-state index in [1.807, 2.05) is 31.2 Å². The molecule has 0 saturated heterocycles. The van der Waals surface area contributed by atoms with E-state index in [9.17, 15) is 9.59 Å². The van der Waals surface area contributed by atoms with Crippen molar-refractivity contribution in [2.24, 2.45) is 4.99 Å². The monoisotopic (exact) mass is 294 g/mol. The molecule has 0 unspecified atom stereocenters. The van der Waals surface area contributed by atoms with Gasteiger partial charge in [-0.2, -0.15) is 0 Å². The molecule has 112 valence electrons. The maximum atomic E-state index is 12.4. The third-order valence-corrected chi connectivity index (χ3v) is 4.01. The zero-order valence-corrected chi connectivity index (χ0v) is 12.6. The van der Waals surface area contributed by atoms with Crippen molar-refractivity contribution in [2.45, 2.75) is 32.6 Å². The Balaban J connectivity index is 1.70. The number of hydrogen-bond donors (Lipinski definition) is 1. The van der Waals surface area contributed by atoms with E-state index in [4.69, 9.17) is 0 Å². The smallest absolute Gasteiger partial charge is 0.181 e. The van der Waals surface area contributed by atoms with Crippen molar-refractivity contribution in [3.63, 3.8) is 0 Å². The lowest BCUT2D eigenvalue weighted by Crippen LogP contribution is -2.09. The number of Topliss-reactive ketones (excluding diaryl/α,β-unsaturated/α-hetero) is 2. The summed E-state index contributed by atoms with van der Waals surface area (Å²) in [6.07, 6.45) is 5.69. The summed E-state index contributed by atoms with van der Waals surface area (Å²) >= 11 is 0. The third-order valence-electron chi connectivity index (χ3n) is 4.01. The van der Waals surface area contributed by atoms with Gasteiger partial charge in [0.25, 0.3) is 0 Å². The van der Waals surface area contributed by atoms with Gasteiger partial charge in [0.05, 0.1) is 0 Å². The third kappa shape index (κ3) is 2.77. The quantitative estimate of drug-likeness (QED) is 0.852. The molecular weight excluding hydrogens is 276 g/mol. The first-order valence-electron chi connectivity index (χ1n) is 7.51. The Hall–Kier alpha value is -2.49. The topological polar surface area (TPSA) is 62.3 Å². The second-order valence-corrected chi connectivity index (χ2v) is 5.57. The molecule has 0 aliphatic carbocycles. The highest BCUT2D eigenvalue weighted by Crippen LogP contribution is 2.22. The van der Waals surface area contributed by atoms with Crippen LogP contribution in [-0.2, 0) is 4.79 Å². The maximum Gasteiger partial charge on any atom is 0.181 e. The fraction of sp³-hybridized carbons (Fsp3) is 0.278. The Labute approximate surface area is 128 Å². The lowest BCUT2D eigenvalue weighted by molar-refractivity contribution is -0.115. The van der Waals surface area contributed by atoms with Crippen LogP contribution >= 0.6 is 0 Å². The number of nitrogens with one attached hydrogen (secondary N) is 1. The number of carbonyl (C=O) groups excluding carboxylic acids is 2. The molecule has 22 heavy (non-hydrogen) atoms. The Morgan fingerprint density at radius 2 is 1.95 bits per heavy atom. The number of aromatic nitrogens is 1. The van der Waals surface area contributed by atoms with Crippen molar-refractivity contribution in [1.82, 2.24) is 4.98 Å². The van der Waals surface area contributed by atoms with Gasteiger partial charge in [0, 0.05) is 41.7 Å². The molecule has 0 fully saturated rings. The molecule has 3 rings (SSSR count). The first-order chi connectivity index (χ1) is 10.7. The Morgan fingerprint density at radius 3 is 2.77 bits per heavy atom. The summed E-state index contributed by atoms with van der Waals surface area (Å²) in [5, 5.41) is 0.908. The minimum atomic E-state index is -0.0401. The van der Waals surface area contributed by atoms with Crippen LogP contribution in [0.2, 0.25) is 0 Å². The number of rotatable bonds is 5. The summed E-state index contributed by atoms with van der Waals surface area (Å²) < 4.78 is 0. The van der Waals surface area contributed by atoms with Crippen LogP contribution < -0.4 is 0 Å². The van der Waals surface area contributed by atoms with Crippen LogP contribution in [0.3, 0.4) is 0 Å². The summed E-state index contributed by atoms with van der Waals surface area (Å²) in [5.74, 6) is -0.0505. The molecular formula is C18H18N2O2. The van der Waals surface area contributed by atoms with Gasteiger partial charge >= 0.3 is 0 Å². The van der Waals surface area contributed by atoms with Crippen LogP contribution in [0.15, 0.2) is 46.7 Å². The number of ketones is 2. The normalized spacial score (nSPS) is 14.6. The van der Waals surface area contributed by atoms with Crippen LogP contribution in [0, 0.1) is 0 Å². The molecule has 4 heteroatoms. The summed E-state index contributed by atoms with van der Waals surface area (Å²) in [6.45, 7) is 1.94. The number of H-pyrrole nitrogens is 1. The molecule has 0 saturated carbocycles. The predicted molar refractivity (Wildman–Crippen MR) is 87.3 cm³/mol. The Kier molecular flexibility index (Phi) is 4.00. The average Bonchev–Trinajstić information content (AvgIpc) is 2.97. The van der Waals surface area contributed by atoms with E-state index in [2.05, 4.69) is 9.98 Å². The van der Waals surface area contributed by atoms with Gasteiger partial charge in [0.15, 0.2) is 11.6 Å². The molecule has 2 aromatic rings. The maximum absolute atomic E-state index is 12.4. The van der Waals surface area contributed by atoms with E-state index >= 15 is 0 Å². The van der Waals surface area contributed by atoms with Crippen LogP contribution in [0.4, 0.5) is 0 Å². The average molecular weight is 294 g/mol. The largest absolute Gasteiger partial charge is 0.360 e. The Bertz CT molecular complexity index is 796. The fourth-order valence-corrected chi connectivity index (χ4v) is 2.76. The highest BCUT2D eigenvalue weighted by Gasteiger charge is 2.17. The molecule has 1 aromatic carbocycles. The zero-order valence-electron chi connectivity index (χ0n) is 12.6. The molecule has 1 aromatic heterocycles. The predicted octanol–water partition coefficient (Wildman–Crippen LogP) is 3.84. The number of aromatic amines is 1. The second-order valence-electron chi connectivity index (χ2n) is 5.57. The fourth-order valence-electron chi connectivity index (χ4n) is 2.76. The minimum Gasteiger partial charge on any atom is -0.360 e. The van der Waals surface area contributed by atoms with Gasteiger partial charge in [-0.25, -0.2) is 0 Å². The van der Waals surface area contributed by atoms with Gasteiger partial charge in [-0.15, -0.1) is 0 Å². The number of aliphatic imine (C=N–C) groups is 1. The molecule has 0 radical (unpaired) electrons. The van der Waals surface area contributed by atoms with Gasteiger partial charge in [0.1, 0.15) is 5.70 Å². The second kappa shape index (κ2) is 6.10. The van der Waals surface area contributed by atoms with Crippen LogP contribution in [0.5, 0.6) is 0 Å². The van der Waals surface area contributed by atoms with Crippen LogP contribution in [0.25, 0.3) is 10.9 Å². The van der Waals surface area contributed by atoms with E-state index in [1.54, 1.807) is 12.4 Å². The number of para-hydroxylation sites is 1. The number of fused-ring (bicyclic) bond motifs is 1. The van der Waals surface area contributed by atoms with E-state index in [0.717, 1.165) is 29.3 Å². The summed E-state index contributed by atoms with van der Waals surface area (Å²) in [6, 6.07) is 7.68. The molecule has 1 aliphatic rings. The van der Waals surface area contributed by atoms with E-state index in [0.29, 0.717) is 11.3 Å². The van der Waals surface area contributed by atoms with E-state index in [-0.39, 0.29) is 24.4 Å². The van der Waals surface area contributed by atoms with Crippen molar-refractivity contribution >= 4 is 28.7 Å². The summed E-state index contributed by atoms with van der Waals surface area (Å²) in [7, 11) is 0. The SMILES string of the molecule is CC1=C(C(=O)CCC(=O)c2c[nH]c3ccccc23)N=CCC1. The highest BCUT2D eigenvalue weighted by atomic mass is 16.1. The van der Waals surface area contributed by atoms with Gasteiger partial charge < -0.3 is 4.98 Å². The van der Waals surface area contributed by atoms with Crippen LogP contribution in [0.1, 0.15) is 43.0 Å². The Morgan fingerprint density at radius 1 is 1.18 bits per heavy atom. The molecule has 0 bridgehead atoms. The minimum absolute atomic E-state index is 0.0103. The number of hydrogen-bond acceptors (Lipinski definition) is 3. The first kappa shape index (κ1) is 14.4. The van der Waals surface area contributed by atoms with Crippen molar-refractivity contribution in [2.75, 3.05) is 0 Å². The molecule has 0 amide bonds. The molecule has 0 spiro atoms. The van der Waals surface area contributed by atoms with E-state index in [1.165, 1.54) is 0 Å². The molecule has 4 nitrogen and oxygen atoms in total. The number of allylic oxidation sites excluding steroid dienone is 2. The number of benzene rings is 1. The molecule has 1 N–H and O–H groups in total. The zero-order chi connectivity index (χ0) is 15.5. The molecule has 2 heterocycles. The van der Waals surface area contributed by atoms with Crippen molar-refractivity contribution in [1.29, 1.82) is 0 Å². The van der Waals surface area contributed by atoms with Gasteiger partial charge in [0.2, 0.25) is 0 Å².